The van der Waals surface area contributed by atoms with Crippen molar-refractivity contribution in [3.8, 4) is 0 Å². The summed E-state index contributed by atoms with van der Waals surface area (Å²) in [5, 5.41) is 3.00. The molecule has 0 bridgehead atoms. The van der Waals surface area contributed by atoms with E-state index in [1.807, 2.05) is 19.1 Å². The average molecular weight is 292 g/mol. The van der Waals surface area contributed by atoms with Crippen LogP contribution in [0.2, 0.25) is 5.02 Å². The maximum Gasteiger partial charge on any atom is 0.271 e. The van der Waals surface area contributed by atoms with Crippen LogP contribution in [0.3, 0.4) is 0 Å². The number of hydrogen-bond acceptors (Lipinski definition) is 5. The lowest BCUT2D eigenvalue weighted by atomic mass is 10.2. The summed E-state index contributed by atoms with van der Waals surface area (Å²) in [5.41, 5.74) is 4.32. The van der Waals surface area contributed by atoms with Gasteiger partial charge in [0.25, 0.3) is 5.91 Å². The predicted octanol–water partition coefficient (Wildman–Crippen LogP) is 1.65. The minimum atomic E-state index is -0.368. The Labute approximate surface area is 121 Å². The van der Waals surface area contributed by atoms with Gasteiger partial charge in [0.1, 0.15) is 11.5 Å². The van der Waals surface area contributed by atoms with Gasteiger partial charge in [0.05, 0.1) is 5.02 Å². The van der Waals surface area contributed by atoms with Crippen molar-refractivity contribution in [2.45, 2.75) is 13.5 Å². The van der Waals surface area contributed by atoms with Gasteiger partial charge in [0.15, 0.2) is 0 Å². The number of nitrogens with two attached hydrogens (primary N) is 1. The first-order valence-corrected chi connectivity index (χ1v) is 6.31. The molecule has 2 rings (SSSR count). The Bertz CT molecular complexity index is 615. The summed E-state index contributed by atoms with van der Waals surface area (Å²) in [6.45, 7) is 2.25. The van der Waals surface area contributed by atoms with Gasteiger partial charge < -0.3 is 10.7 Å². The Kier molecular flexibility index (Phi) is 4.49. The normalized spacial score (nSPS) is 10.2. The van der Waals surface area contributed by atoms with E-state index in [4.69, 9.17) is 17.4 Å². The Morgan fingerprint density at radius 3 is 2.80 bits per heavy atom. The summed E-state index contributed by atoms with van der Waals surface area (Å²) in [6, 6.07) is 6.93. The smallest absolute Gasteiger partial charge is 0.271 e. The molecule has 1 amide bonds. The van der Waals surface area contributed by atoms with Gasteiger partial charge in [-0.05, 0) is 30.7 Å². The van der Waals surface area contributed by atoms with Crippen LogP contribution in [0.1, 0.15) is 21.7 Å². The number of anilines is 1. The Hall–Kier alpha value is -2.18. The van der Waals surface area contributed by atoms with Gasteiger partial charge in [-0.15, -0.1) is 0 Å². The van der Waals surface area contributed by atoms with E-state index in [1.54, 1.807) is 18.3 Å². The monoisotopic (exact) mass is 291 g/mol. The van der Waals surface area contributed by atoms with Crippen molar-refractivity contribution in [3.05, 3.63) is 52.4 Å². The van der Waals surface area contributed by atoms with Gasteiger partial charge in [0, 0.05) is 18.4 Å². The number of pyridine rings is 2. The Morgan fingerprint density at radius 1 is 1.35 bits per heavy atom. The molecule has 2 heterocycles. The Morgan fingerprint density at radius 2 is 2.15 bits per heavy atom. The first kappa shape index (κ1) is 14.2. The number of amides is 1. The molecule has 0 aliphatic rings. The number of carbonyl (C=O) groups excluding carboxylic acids is 1. The number of carbonyl (C=O) groups is 1. The van der Waals surface area contributed by atoms with Gasteiger partial charge in [-0.3, -0.25) is 9.78 Å². The van der Waals surface area contributed by atoms with Crippen LogP contribution in [0, 0.1) is 6.92 Å². The van der Waals surface area contributed by atoms with Crippen LogP contribution in [0.4, 0.5) is 5.82 Å². The van der Waals surface area contributed by atoms with Gasteiger partial charge in [-0.2, -0.15) is 0 Å². The Balaban J connectivity index is 2.06. The van der Waals surface area contributed by atoms with Crippen LogP contribution in [-0.2, 0) is 6.54 Å². The molecule has 0 fully saturated rings. The molecule has 2 aromatic heterocycles. The van der Waals surface area contributed by atoms with Crippen LogP contribution in [0.25, 0.3) is 0 Å². The van der Waals surface area contributed by atoms with E-state index in [2.05, 4.69) is 20.7 Å². The topological polar surface area (TPSA) is 92.9 Å². The summed E-state index contributed by atoms with van der Waals surface area (Å²) in [7, 11) is 0. The molecule has 0 aromatic carbocycles. The van der Waals surface area contributed by atoms with Crippen molar-refractivity contribution in [3.63, 3.8) is 0 Å². The highest BCUT2D eigenvalue weighted by atomic mass is 35.5. The summed E-state index contributed by atoms with van der Waals surface area (Å²) in [5.74, 6) is 5.26. The second kappa shape index (κ2) is 6.31. The molecule has 0 saturated carbocycles. The second-order valence-electron chi connectivity index (χ2n) is 4.16. The third-order valence-corrected chi connectivity index (χ3v) is 2.94. The molecule has 4 N–H and O–H groups in total. The lowest BCUT2D eigenvalue weighted by Crippen LogP contribution is -2.25. The summed E-state index contributed by atoms with van der Waals surface area (Å²) < 4.78 is 0. The van der Waals surface area contributed by atoms with Gasteiger partial charge in [-0.25, -0.2) is 10.8 Å². The highest BCUT2D eigenvalue weighted by molar-refractivity contribution is 6.33. The van der Waals surface area contributed by atoms with Crippen molar-refractivity contribution in [1.82, 2.24) is 15.3 Å². The highest BCUT2D eigenvalue weighted by Gasteiger charge is 2.12. The van der Waals surface area contributed by atoms with Crippen molar-refractivity contribution < 1.29 is 4.79 Å². The zero-order valence-electron chi connectivity index (χ0n) is 10.9. The lowest BCUT2D eigenvalue weighted by molar-refractivity contribution is 0.0946. The van der Waals surface area contributed by atoms with Crippen molar-refractivity contribution in [2.75, 3.05) is 5.43 Å². The lowest BCUT2D eigenvalue weighted by Gasteiger charge is -2.08. The number of nitrogens with one attached hydrogen (secondary N) is 2. The SMILES string of the molecule is Cc1ccc(CNC(=O)c2nc(NN)ccc2Cl)cn1. The van der Waals surface area contributed by atoms with E-state index in [-0.39, 0.29) is 16.6 Å². The minimum Gasteiger partial charge on any atom is -0.347 e. The quantitative estimate of drug-likeness (QED) is 0.588. The maximum atomic E-state index is 12.0. The molecule has 0 spiro atoms. The van der Waals surface area contributed by atoms with E-state index < -0.39 is 0 Å². The number of hydrogen-bond donors (Lipinski definition) is 3. The van der Waals surface area contributed by atoms with Crippen molar-refractivity contribution >= 4 is 23.3 Å². The average Bonchev–Trinajstić information content (AvgIpc) is 2.47. The maximum absolute atomic E-state index is 12.0. The fraction of sp³-hybridized carbons (Fsp3) is 0.154. The number of nitrogens with zero attached hydrogens (tertiary/aromatic N) is 2. The van der Waals surface area contributed by atoms with Gasteiger partial charge in [-0.1, -0.05) is 17.7 Å². The zero-order chi connectivity index (χ0) is 14.5. The number of rotatable bonds is 4. The molecular weight excluding hydrogens is 278 g/mol. The zero-order valence-corrected chi connectivity index (χ0v) is 11.6. The van der Waals surface area contributed by atoms with Crippen molar-refractivity contribution in [1.29, 1.82) is 0 Å². The number of halogens is 1. The molecule has 7 heteroatoms. The van der Waals surface area contributed by atoms with Gasteiger partial charge in [0.2, 0.25) is 0 Å². The van der Waals surface area contributed by atoms with E-state index in [9.17, 15) is 4.79 Å². The first-order valence-electron chi connectivity index (χ1n) is 5.93. The van der Waals surface area contributed by atoms with Gasteiger partial charge >= 0.3 is 0 Å². The van der Waals surface area contributed by atoms with Crippen LogP contribution in [0.5, 0.6) is 0 Å². The summed E-state index contributed by atoms with van der Waals surface area (Å²) in [6.07, 6.45) is 1.71. The largest absolute Gasteiger partial charge is 0.347 e. The fourth-order valence-corrected chi connectivity index (χ4v) is 1.74. The van der Waals surface area contributed by atoms with E-state index in [0.717, 1.165) is 11.3 Å². The molecule has 6 nitrogen and oxygen atoms in total. The molecule has 2 aromatic rings. The first-order chi connectivity index (χ1) is 9.60. The van der Waals surface area contributed by atoms with E-state index >= 15 is 0 Å². The number of aryl methyl sites for hydroxylation is 1. The van der Waals surface area contributed by atoms with Crippen LogP contribution in [0.15, 0.2) is 30.5 Å². The van der Waals surface area contributed by atoms with Crippen LogP contribution in [-0.4, -0.2) is 15.9 Å². The molecule has 0 unspecified atom stereocenters. The van der Waals surface area contributed by atoms with E-state index in [0.29, 0.717) is 12.4 Å². The highest BCUT2D eigenvalue weighted by Crippen LogP contribution is 2.16. The second-order valence-corrected chi connectivity index (χ2v) is 4.57. The third-order valence-electron chi connectivity index (χ3n) is 2.63. The third kappa shape index (κ3) is 3.43. The molecule has 0 atom stereocenters. The minimum absolute atomic E-state index is 0.127. The predicted molar refractivity (Wildman–Crippen MR) is 77.2 cm³/mol. The molecule has 20 heavy (non-hydrogen) atoms. The molecule has 0 aliphatic carbocycles. The molecule has 0 radical (unpaired) electrons. The standard InChI is InChI=1S/C13H14ClN5O/c1-8-2-3-9(6-16-8)7-17-13(20)12-10(14)4-5-11(18-12)19-15/h2-6H,7,15H2,1H3,(H,17,20)(H,18,19). The molecule has 0 aliphatic heterocycles. The summed E-state index contributed by atoms with van der Waals surface area (Å²) >= 11 is 5.95. The van der Waals surface area contributed by atoms with Crippen LogP contribution >= 0.6 is 11.6 Å². The van der Waals surface area contributed by atoms with E-state index in [1.165, 1.54) is 0 Å². The summed E-state index contributed by atoms with van der Waals surface area (Å²) in [4.78, 5) is 20.2. The molecule has 0 saturated heterocycles. The number of aromatic nitrogens is 2. The molecule has 104 valence electrons. The van der Waals surface area contributed by atoms with Crippen molar-refractivity contribution in [2.24, 2.45) is 5.84 Å². The molecular formula is C13H14ClN5O. The fourth-order valence-electron chi connectivity index (χ4n) is 1.55. The number of hydrazine groups is 1. The number of nitrogen functional groups attached to an aromatic ring is 1. The van der Waals surface area contributed by atoms with Crippen LogP contribution < -0.4 is 16.6 Å².